The monoisotopic (exact) mass is 130 g/mol. The van der Waals surface area contributed by atoms with Crippen LogP contribution in [0.5, 0.6) is 0 Å². The topological polar surface area (TPSA) is 0 Å². The normalized spacial score (nSPS) is 5.29. The van der Waals surface area contributed by atoms with E-state index in [2.05, 4.69) is 28.9 Å². The molecule has 0 saturated carbocycles. The van der Waals surface area contributed by atoms with E-state index in [1.165, 1.54) is 0 Å². The van der Waals surface area contributed by atoms with Gasteiger partial charge in [-0.2, -0.15) is 0 Å². The van der Waals surface area contributed by atoms with Crippen LogP contribution in [-0.2, 0) is 0 Å². The molecular weight excluding hydrogens is 114 g/mol. The van der Waals surface area contributed by atoms with Crippen LogP contribution in [-0.4, -0.2) is 29.4 Å². The average Bonchev–Trinajstić information content (AvgIpc) is 1.33. The van der Waals surface area contributed by atoms with E-state index < -0.39 is 0 Å². The summed E-state index contributed by atoms with van der Waals surface area (Å²) in [5.41, 5.74) is 0. The van der Waals surface area contributed by atoms with Gasteiger partial charge < -0.3 is 1.43 Å². The molecule has 0 bridgehead atoms. The molecule has 0 rings (SSSR count). The molecule has 42 valence electrons. The quantitative estimate of drug-likeness (QED) is 0.441. The Labute approximate surface area is 59.9 Å². The molecule has 2 heteroatoms. The molecule has 0 nitrogen and oxygen atoms in total. The molecule has 0 spiro atoms. The molecule has 0 unspecified atom stereocenters. The molecule has 0 fully saturated rings. The molecule has 0 aliphatic carbocycles. The van der Waals surface area contributed by atoms with Crippen molar-refractivity contribution in [3.63, 3.8) is 0 Å². The summed E-state index contributed by atoms with van der Waals surface area (Å²) < 4.78 is 0. The van der Waals surface area contributed by atoms with Crippen molar-refractivity contribution in [3.8, 4) is 0 Å². The van der Waals surface area contributed by atoms with Crippen molar-refractivity contribution in [1.82, 2.24) is 0 Å². The first kappa shape index (κ1) is 10.9. The first-order chi connectivity index (χ1) is 3.15. The maximum atomic E-state index is 2.31. The molecule has 0 aromatic heterocycles. The Morgan fingerprint density at radius 1 is 1.14 bits per heavy atom. The summed E-state index contributed by atoms with van der Waals surface area (Å²) in [7, 11) is 0. The van der Waals surface area contributed by atoms with Crippen LogP contribution < -0.4 is 0 Å². The van der Waals surface area contributed by atoms with Gasteiger partial charge in [0.15, 0.2) is 0 Å². The van der Waals surface area contributed by atoms with Gasteiger partial charge in [0.25, 0.3) is 14.1 Å². The van der Waals surface area contributed by atoms with Crippen LogP contribution in [0.25, 0.3) is 0 Å². The van der Waals surface area contributed by atoms with Gasteiger partial charge >= 0.3 is 26.8 Å². The Balaban J connectivity index is -0.0000000575. The molecule has 0 aliphatic rings. The summed E-state index contributed by atoms with van der Waals surface area (Å²) in [6.07, 6.45) is 0. The van der Waals surface area contributed by atoms with E-state index >= 15 is 0 Å². The standard InChI is InChI=1S/5CH3.2Al.H/h5*1H3;;;/q;;;;;;+1;-1. The first-order valence-corrected chi connectivity index (χ1v) is 8.66. The molecular formula is C5H16Al2. The second kappa shape index (κ2) is 10.1. The van der Waals surface area contributed by atoms with Gasteiger partial charge in [0.05, 0.1) is 0 Å². The molecule has 0 aromatic rings. The van der Waals surface area contributed by atoms with Gasteiger partial charge in [-0.1, -0.05) is 0 Å². The van der Waals surface area contributed by atoms with Gasteiger partial charge in [-0.15, -0.1) is 17.4 Å². The van der Waals surface area contributed by atoms with Crippen LogP contribution in [0.15, 0.2) is 0 Å². The minimum atomic E-state index is -0.139. The Morgan fingerprint density at radius 3 is 1.14 bits per heavy atom. The van der Waals surface area contributed by atoms with Crippen molar-refractivity contribution in [1.29, 1.82) is 0 Å². The zero-order valence-electron chi connectivity index (χ0n) is 7.15. The summed E-state index contributed by atoms with van der Waals surface area (Å²) >= 11 is 0.611. The summed E-state index contributed by atoms with van der Waals surface area (Å²) in [6, 6.07) is 0. The van der Waals surface area contributed by atoms with Crippen LogP contribution in [0.1, 0.15) is 1.43 Å². The van der Waals surface area contributed by atoms with Gasteiger partial charge in [-0.3, -0.25) is 0 Å². The number of rotatable bonds is 0. The van der Waals surface area contributed by atoms with Crippen LogP contribution >= 0.6 is 0 Å². The summed E-state index contributed by atoms with van der Waals surface area (Å²) in [5.74, 6) is 11.3. The van der Waals surface area contributed by atoms with Crippen molar-refractivity contribution >= 4 is 29.4 Å². The average molecular weight is 130 g/mol. The van der Waals surface area contributed by atoms with E-state index in [1.54, 1.807) is 0 Å². The Bertz CT molecular complexity index is 21.6. The van der Waals surface area contributed by atoms with E-state index in [-0.39, 0.29) is 15.6 Å². The van der Waals surface area contributed by atoms with Crippen molar-refractivity contribution in [2.45, 2.75) is 28.9 Å². The molecule has 0 saturated heterocycles. The predicted octanol–water partition coefficient (Wildman–Crippen LogP) is 2.27. The number of hydrogen-bond donors (Lipinski definition) is 0. The fourth-order valence-corrected chi connectivity index (χ4v) is 0. The fourth-order valence-electron chi connectivity index (χ4n) is 0. The SMILES string of the molecule is [CH3][Al+][CH3].[CH3][Al]([CH3])[CH3].[H-]. The summed E-state index contributed by atoms with van der Waals surface area (Å²) in [6.45, 7) is 0. The third-order valence-electron chi connectivity index (χ3n) is 0. The van der Waals surface area contributed by atoms with Gasteiger partial charge in [-0.05, 0) is 0 Å². The van der Waals surface area contributed by atoms with Crippen LogP contribution in [0.3, 0.4) is 0 Å². The number of hydrogen-bond acceptors (Lipinski definition) is 0. The molecule has 7 heavy (non-hydrogen) atoms. The fraction of sp³-hybridized carbons (Fsp3) is 1.00. The minimum Gasteiger partial charge on any atom is -1.00 e. The van der Waals surface area contributed by atoms with Gasteiger partial charge in [0.1, 0.15) is 0 Å². The first-order valence-electron chi connectivity index (χ1n) is 2.89. The largest absolute Gasteiger partial charge is 1.00 e. The van der Waals surface area contributed by atoms with Crippen LogP contribution in [0.2, 0.25) is 28.9 Å². The summed E-state index contributed by atoms with van der Waals surface area (Å²) in [5, 5.41) is 0. The minimum absolute atomic E-state index is 0. The second-order valence-corrected chi connectivity index (χ2v) is 6.93. The van der Waals surface area contributed by atoms with Crippen molar-refractivity contribution < 1.29 is 1.43 Å². The summed E-state index contributed by atoms with van der Waals surface area (Å²) in [4.78, 5) is 0. The second-order valence-electron chi connectivity index (χ2n) is 2.31. The van der Waals surface area contributed by atoms with Crippen LogP contribution in [0, 0.1) is 0 Å². The van der Waals surface area contributed by atoms with Gasteiger partial charge in [0, 0.05) is 0 Å². The predicted molar refractivity (Wildman–Crippen MR) is 41.9 cm³/mol. The zero-order valence-corrected chi connectivity index (χ0v) is 8.46. The van der Waals surface area contributed by atoms with E-state index in [0.29, 0.717) is 0 Å². The van der Waals surface area contributed by atoms with E-state index in [4.69, 9.17) is 0 Å². The van der Waals surface area contributed by atoms with E-state index in [9.17, 15) is 0 Å². The van der Waals surface area contributed by atoms with E-state index in [1.807, 2.05) is 0 Å². The van der Waals surface area contributed by atoms with Crippen LogP contribution in [0.4, 0.5) is 0 Å². The zero-order chi connectivity index (χ0) is 6.28. The Kier molecular flexibility index (Phi) is 15.8. The third kappa shape index (κ3) is 160. The molecule has 0 amide bonds. The van der Waals surface area contributed by atoms with Gasteiger partial charge in [-0.25, -0.2) is 0 Å². The molecule has 0 atom stereocenters. The smallest absolute Gasteiger partial charge is 0.251 e. The third-order valence-corrected chi connectivity index (χ3v) is 0. The van der Waals surface area contributed by atoms with Gasteiger partial charge in [0.2, 0.25) is 0 Å². The molecule has 0 aromatic carbocycles. The molecule has 0 heterocycles. The Morgan fingerprint density at radius 2 is 1.14 bits per heavy atom. The molecule has 0 aliphatic heterocycles. The van der Waals surface area contributed by atoms with Crippen molar-refractivity contribution in [2.24, 2.45) is 0 Å². The molecule has 0 N–H and O–H groups in total. The Hall–Kier alpha value is 1.06. The van der Waals surface area contributed by atoms with Crippen molar-refractivity contribution in [3.05, 3.63) is 0 Å². The maximum Gasteiger partial charge on any atom is 0.251 e. The van der Waals surface area contributed by atoms with Crippen molar-refractivity contribution in [2.75, 3.05) is 0 Å². The molecule has 0 radical (unpaired) electrons. The van der Waals surface area contributed by atoms with E-state index in [0.717, 1.165) is 15.2 Å². The maximum absolute atomic E-state index is 2.31.